The van der Waals surface area contributed by atoms with Crippen LogP contribution in [0.4, 0.5) is 13.2 Å². The van der Waals surface area contributed by atoms with E-state index in [1.165, 1.54) is 16.8 Å². The summed E-state index contributed by atoms with van der Waals surface area (Å²) >= 11 is 0. The van der Waals surface area contributed by atoms with Crippen LogP contribution in [-0.4, -0.2) is 42.6 Å². The predicted octanol–water partition coefficient (Wildman–Crippen LogP) is 2.06. The molecule has 0 amide bonds. The Labute approximate surface area is 165 Å². The van der Waals surface area contributed by atoms with Crippen molar-refractivity contribution in [3.05, 3.63) is 52.2 Å². The van der Waals surface area contributed by atoms with Crippen LogP contribution < -0.4 is 15.0 Å². The number of alkyl halides is 3. The average Bonchev–Trinajstić information content (AvgIpc) is 3.03. The third kappa shape index (κ3) is 3.09. The molecule has 0 saturated heterocycles. The number of halogens is 3. The Morgan fingerprint density at radius 2 is 1.87 bits per heavy atom. The Morgan fingerprint density at radius 3 is 2.67 bits per heavy atom. The van der Waals surface area contributed by atoms with Gasteiger partial charge in [-0.25, -0.2) is 0 Å². The number of benzene rings is 1. The molecule has 30 heavy (non-hydrogen) atoms. The van der Waals surface area contributed by atoms with Gasteiger partial charge in [0, 0.05) is 12.6 Å². The SMILES string of the molecule is O=c1c2nnc3nc(C(F)(F)F)nn3c2ccn1Cc1ccc2c(c1)OCCCO2. The zero-order valence-corrected chi connectivity index (χ0v) is 15.3. The first kappa shape index (κ1) is 18.3. The molecule has 0 bridgehead atoms. The standard InChI is InChI=1S/C18H13F3N6O3/c19-18(20,21)16-22-17-24-23-14-11(27(17)25-16)4-5-26(15(14)28)9-10-2-3-12-13(8-10)30-7-1-6-29-12/h2-5,8H,1,6-7,9H2. The molecule has 4 heterocycles. The molecule has 1 aliphatic rings. The molecule has 0 spiro atoms. The van der Waals surface area contributed by atoms with E-state index in [1.54, 1.807) is 12.1 Å². The van der Waals surface area contributed by atoms with Gasteiger partial charge in [0.15, 0.2) is 17.0 Å². The second kappa shape index (κ2) is 6.68. The highest BCUT2D eigenvalue weighted by molar-refractivity contribution is 5.74. The van der Waals surface area contributed by atoms with Crippen molar-refractivity contribution in [2.75, 3.05) is 13.2 Å². The van der Waals surface area contributed by atoms with Crippen molar-refractivity contribution in [2.24, 2.45) is 0 Å². The van der Waals surface area contributed by atoms with Crippen LogP contribution in [-0.2, 0) is 12.7 Å². The zero-order valence-electron chi connectivity index (χ0n) is 15.3. The van der Waals surface area contributed by atoms with Crippen LogP contribution in [0.5, 0.6) is 11.5 Å². The minimum atomic E-state index is -4.73. The molecule has 3 aromatic heterocycles. The maximum atomic E-state index is 12.9. The Kier molecular flexibility index (Phi) is 4.08. The molecule has 0 unspecified atom stereocenters. The number of nitrogens with zero attached hydrogens (tertiary/aromatic N) is 6. The molecule has 0 atom stereocenters. The first-order valence-electron chi connectivity index (χ1n) is 8.98. The normalized spacial score (nSPS) is 14.2. The lowest BCUT2D eigenvalue weighted by Gasteiger charge is -2.11. The molecule has 0 aliphatic carbocycles. The van der Waals surface area contributed by atoms with Crippen LogP contribution in [0.1, 0.15) is 17.8 Å². The lowest BCUT2D eigenvalue weighted by molar-refractivity contribution is -0.144. The first-order chi connectivity index (χ1) is 14.4. The quantitative estimate of drug-likeness (QED) is 0.492. The number of aromatic nitrogens is 6. The van der Waals surface area contributed by atoms with Crippen LogP contribution in [0.2, 0.25) is 0 Å². The largest absolute Gasteiger partial charge is 0.490 e. The summed E-state index contributed by atoms with van der Waals surface area (Å²) in [6, 6.07) is 6.83. The highest BCUT2D eigenvalue weighted by Crippen LogP contribution is 2.30. The van der Waals surface area contributed by atoms with Crippen LogP contribution in [0.25, 0.3) is 16.8 Å². The summed E-state index contributed by atoms with van der Waals surface area (Å²) in [5, 5.41) is 10.8. The highest BCUT2D eigenvalue weighted by Gasteiger charge is 2.36. The summed E-state index contributed by atoms with van der Waals surface area (Å²) in [5.41, 5.74) is 0.244. The molecule has 0 fully saturated rings. The molecule has 0 N–H and O–H groups in total. The third-order valence-electron chi connectivity index (χ3n) is 4.59. The smallest absolute Gasteiger partial charge is 0.453 e. The Hall–Kier alpha value is -3.70. The number of hydrogen-bond donors (Lipinski definition) is 0. The highest BCUT2D eigenvalue weighted by atomic mass is 19.4. The van der Waals surface area contributed by atoms with Crippen LogP contribution in [0.3, 0.4) is 0 Å². The molecule has 4 aromatic rings. The van der Waals surface area contributed by atoms with E-state index in [0.717, 1.165) is 16.5 Å². The number of rotatable bonds is 2. The monoisotopic (exact) mass is 418 g/mol. The summed E-state index contributed by atoms with van der Waals surface area (Å²) < 4.78 is 52.2. The van der Waals surface area contributed by atoms with Gasteiger partial charge in [-0.1, -0.05) is 6.07 Å². The van der Waals surface area contributed by atoms with Crippen molar-refractivity contribution >= 4 is 16.8 Å². The maximum Gasteiger partial charge on any atom is 0.453 e. The van der Waals surface area contributed by atoms with E-state index in [9.17, 15) is 18.0 Å². The first-order valence-corrected chi connectivity index (χ1v) is 8.98. The van der Waals surface area contributed by atoms with Gasteiger partial charge in [-0.2, -0.15) is 22.7 Å². The van der Waals surface area contributed by atoms with Crippen molar-refractivity contribution in [3.63, 3.8) is 0 Å². The maximum absolute atomic E-state index is 12.9. The van der Waals surface area contributed by atoms with Gasteiger partial charge in [0.25, 0.3) is 17.2 Å². The summed E-state index contributed by atoms with van der Waals surface area (Å²) in [5.74, 6) is -0.444. The number of ether oxygens (including phenoxy) is 2. The fourth-order valence-corrected chi connectivity index (χ4v) is 3.19. The fraction of sp³-hybridized carbons (Fsp3) is 0.278. The molecule has 1 aliphatic heterocycles. The van der Waals surface area contributed by atoms with Gasteiger partial charge in [-0.3, -0.25) is 4.79 Å². The minimum Gasteiger partial charge on any atom is -0.490 e. The summed E-state index contributed by atoms with van der Waals surface area (Å²) in [6.07, 6.45) is -2.49. The summed E-state index contributed by atoms with van der Waals surface area (Å²) in [4.78, 5) is 16.2. The fourth-order valence-electron chi connectivity index (χ4n) is 3.19. The third-order valence-corrected chi connectivity index (χ3v) is 4.59. The van der Waals surface area contributed by atoms with Gasteiger partial charge in [-0.05, 0) is 23.8 Å². The molecule has 5 rings (SSSR count). The van der Waals surface area contributed by atoms with E-state index in [-0.39, 0.29) is 23.4 Å². The van der Waals surface area contributed by atoms with Gasteiger partial charge < -0.3 is 14.0 Å². The van der Waals surface area contributed by atoms with Gasteiger partial charge in [0.1, 0.15) is 5.52 Å². The van der Waals surface area contributed by atoms with Gasteiger partial charge in [0.2, 0.25) is 0 Å². The molecular weight excluding hydrogens is 405 g/mol. The molecule has 154 valence electrons. The molecule has 9 nitrogen and oxygen atoms in total. The molecule has 1 aromatic carbocycles. The molecule has 0 radical (unpaired) electrons. The second-order valence-electron chi connectivity index (χ2n) is 6.66. The van der Waals surface area contributed by atoms with Gasteiger partial charge >= 0.3 is 6.18 Å². The van der Waals surface area contributed by atoms with Crippen molar-refractivity contribution < 1.29 is 22.6 Å². The van der Waals surface area contributed by atoms with Crippen LogP contribution >= 0.6 is 0 Å². The molecule has 12 heteroatoms. The number of fused-ring (bicyclic) bond motifs is 4. The molecule has 0 saturated carbocycles. The van der Waals surface area contributed by atoms with Gasteiger partial charge in [-0.15, -0.1) is 15.3 Å². The second-order valence-corrected chi connectivity index (χ2v) is 6.66. The van der Waals surface area contributed by atoms with Crippen molar-refractivity contribution in [1.82, 2.24) is 29.4 Å². The van der Waals surface area contributed by atoms with Crippen molar-refractivity contribution in [1.29, 1.82) is 0 Å². The van der Waals surface area contributed by atoms with E-state index >= 15 is 0 Å². The summed E-state index contributed by atoms with van der Waals surface area (Å²) in [6.45, 7) is 1.31. The number of pyridine rings is 1. The van der Waals surface area contributed by atoms with Crippen molar-refractivity contribution in [3.8, 4) is 11.5 Å². The van der Waals surface area contributed by atoms with Gasteiger partial charge in [0.05, 0.1) is 19.8 Å². The Bertz CT molecular complexity index is 1330. The zero-order chi connectivity index (χ0) is 20.9. The van der Waals surface area contributed by atoms with E-state index in [1.807, 2.05) is 6.07 Å². The Balaban J connectivity index is 1.55. The van der Waals surface area contributed by atoms with E-state index in [4.69, 9.17) is 9.47 Å². The van der Waals surface area contributed by atoms with Crippen LogP contribution in [0.15, 0.2) is 35.3 Å². The number of hydrogen-bond acceptors (Lipinski definition) is 7. The lowest BCUT2D eigenvalue weighted by atomic mass is 10.2. The minimum absolute atomic E-state index is 0.0860. The van der Waals surface area contributed by atoms with E-state index in [0.29, 0.717) is 24.7 Å². The average molecular weight is 418 g/mol. The lowest BCUT2D eigenvalue weighted by Crippen LogP contribution is -2.22. The predicted molar refractivity (Wildman–Crippen MR) is 96.5 cm³/mol. The topological polar surface area (TPSA) is 96.4 Å². The van der Waals surface area contributed by atoms with Crippen LogP contribution in [0, 0.1) is 0 Å². The summed E-state index contributed by atoms with van der Waals surface area (Å²) in [7, 11) is 0. The molecular formula is C18H13F3N6O3. The van der Waals surface area contributed by atoms with E-state index < -0.39 is 17.6 Å². The van der Waals surface area contributed by atoms with E-state index in [2.05, 4.69) is 20.3 Å². The van der Waals surface area contributed by atoms with Crippen molar-refractivity contribution in [2.45, 2.75) is 19.1 Å². The Morgan fingerprint density at radius 1 is 1.07 bits per heavy atom.